The number of hydrogen-bond acceptors (Lipinski definition) is 3. The second-order valence-corrected chi connectivity index (χ2v) is 6.95. The molecule has 0 saturated carbocycles. The Balaban J connectivity index is 1.64. The molecule has 140 valence electrons. The normalized spacial score (nSPS) is 16.5. The number of para-hydroxylation sites is 1. The lowest BCUT2D eigenvalue weighted by atomic mass is 10.1. The quantitative estimate of drug-likeness (QED) is 0.853. The van der Waals surface area contributed by atoms with E-state index in [1.54, 1.807) is 29.2 Å². The molecule has 0 spiro atoms. The van der Waals surface area contributed by atoms with Crippen LogP contribution in [0.3, 0.4) is 0 Å². The number of nitrogens with one attached hydrogen (secondary N) is 2. The van der Waals surface area contributed by atoms with Crippen molar-refractivity contribution in [3.05, 3.63) is 54.6 Å². The van der Waals surface area contributed by atoms with Crippen LogP contribution in [0.5, 0.6) is 0 Å². The maximum absolute atomic E-state index is 12.6. The van der Waals surface area contributed by atoms with Crippen LogP contribution < -0.4 is 15.5 Å². The van der Waals surface area contributed by atoms with Crippen molar-refractivity contribution >= 4 is 34.8 Å². The molecule has 27 heavy (non-hydrogen) atoms. The summed E-state index contributed by atoms with van der Waals surface area (Å²) in [6.45, 7) is 3.99. The molecule has 0 aromatic heterocycles. The van der Waals surface area contributed by atoms with Crippen molar-refractivity contribution in [1.82, 2.24) is 0 Å². The second-order valence-electron chi connectivity index (χ2n) is 6.95. The highest BCUT2D eigenvalue weighted by molar-refractivity contribution is 6.03. The Morgan fingerprint density at radius 3 is 2.33 bits per heavy atom. The molecule has 0 aliphatic carbocycles. The fourth-order valence-corrected chi connectivity index (χ4v) is 2.95. The van der Waals surface area contributed by atoms with Gasteiger partial charge in [-0.05, 0) is 30.3 Å². The highest BCUT2D eigenvalue weighted by atomic mass is 16.2. The molecule has 0 bridgehead atoms. The molecule has 3 amide bonds. The molecule has 2 aromatic rings. The van der Waals surface area contributed by atoms with Crippen molar-refractivity contribution in [2.24, 2.45) is 11.8 Å². The maximum atomic E-state index is 12.6. The maximum Gasteiger partial charge on any atom is 0.229 e. The zero-order valence-electron chi connectivity index (χ0n) is 15.4. The molecule has 6 nitrogen and oxygen atoms in total. The Labute approximate surface area is 158 Å². The van der Waals surface area contributed by atoms with Gasteiger partial charge < -0.3 is 15.5 Å². The Hall–Kier alpha value is -3.15. The zero-order chi connectivity index (χ0) is 19.4. The first-order chi connectivity index (χ1) is 12.9. The Morgan fingerprint density at radius 1 is 1.00 bits per heavy atom. The summed E-state index contributed by atoms with van der Waals surface area (Å²) in [5.74, 6) is -0.880. The highest BCUT2D eigenvalue weighted by Gasteiger charge is 2.35. The standard InChI is InChI=1S/C21H23N3O3/c1-14(2)20(26)22-16-7-6-8-17(12-16)23-21(27)15-11-19(25)24(13-15)18-9-4-3-5-10-18/h3-10,12,14-15H,11,13H2,1-2H3,(H,22,26)(H,23,27)/t15-/m0/s1. The smallest absolute Gasteiger partial charge is 0.229 e. The number of rotatable bonds is 5. The van der Waals surface area contributed by atoms with Crippen LogP contribution in [0.25, 0.3) is 0 Å². The van der Waals surface area contributed by atoms with Crippen molar-refractivity contribution in [3.8, 4) is 0 Å². The van der Waals surface area contributed by atoms with Gasteiger partial charge in [-0.15, -0.1) is 0 Å². The van der Waals surface area contributed by atoms with Gasteiger partial charge in [0.1, 0.15) is 0 Å². The molecule has 2 aromatic carbocycles. The van der Waals surface area contributed by atoms with E-state index in [4.69, 9.17) is 0 Å². The van der Waals surface area contributed by atoms with Crippen LogP contribution in [0.1, 0.15) is 20.3 Å². The van der Waals surface area contributed by atoms with Crippen LogP contribution in [-0.4, -0.2) is 24.3 Å². The minimum atomic E-state index is -0.411. The van der Waals surface area contributed by atoms with E-state index in [-0.39, 0.29) is 30.1 Å². The van der Waals surface area contributed by atoms with Gasteiger partial charge in [0.2, 0.25) is 17.7 Å². The third kappa shape index (κ3) is 4.53. The van der Waals surface area contributed by atoms with Gasteiger partial charge >= 0.3 is 0 Å². The third-order valence-corrected chi connectivity index (χ3v) is 4.49. The van der Waals surface area contributed by atoms with Gasteiger partial charge in [0, 0.05) is 35.9 Å². The van der Waals surface area contributed by atoms with Gasteiger partial charge in [-0.2, -0.15) is 0 Å². The highest BCUT2D eigenvalue weighted by Crippen LogP contribution is 2.26. The van der Waals surface area contributed by atoms with E-state index >= 15 is 0 Å². The molecular weight excluding hydrogens is 342 g/mol. The van der Waals surface area contributed by atoms with E-state index in [1.807, 2.05) is 44.2 Å². The van der Waals surface area contributed by atoms with Crippen LogP contribution in [0.4, 0.5) is 17.1 Å². The van der Waals surface area contributed by atoms with Crippen LogP contribution in [0, 0.1) is 11.8 Å². The predicted octanol–water partition coefficient (Wildman–Crippen LogP) is 3.27. The van der Waals surface area contributed by atoms with Crippen molar-refractivity contribution < 1.29 is 14.4 Å². The summed E-state index contributed by atoms with van der Waals surface area (Å²) >= 11 is 0. The van der Waals surface area contributed by atoms with Crippen LogP contribution in [0.15, 0.2) is 54.6 Å². The molecular formula is C21H23N3O3. The average molecular weight is 365 g/mol. The molecule has 2 N–H and O–H groups in total. The van der Waals surface area contributed by atoms with E-state index < -0.39 is 5.92 Å². The molecule has 1 aliphatic heterocycles. The summed E-state index contributed by atoms with van der Waals surface area (Å²) < 4.78 is 0. The fraction of sp³-hybridized carbons (Fsp3) is 0.286. The zero-order valence-corrected chi connectivity index (χ0v) is 15.4. The molecule has 1 fully saturated rings. The average Bonchev–Trinajstić information content (AvgIpc) is 3.04. The van der Waals surface area contributed by atoms with Crippen molar-refractivity contribution in [2.45, 2.75) is 20.3 Å². The van der Waals surface area contributed by atoms with Crippen LogP contribution in [0.2, 0.25) is 0 Å². The first-order valence-corrected chi connectivity index (χ1v) is 9.01. The minimum absolute atomic E-state index is 0.0562. The molecule has 6 heteroatoms. The number of carbonyl (C=O) groups is 3. The van der Waals surface area contributed by atoms with Gasteiger partial charge in [0.15, 0.2) is 0 Å². The van der Waals surface area contributed by atoms with E-state index in [0.717, 1.165) is 5.69 Å². The molecule has 1 saturated heterocycles. The predicted molar refractivity (Wildman–Crippen MR) is 105 cm³/mol. The van der Waals surface area contributed by atoms with Crippen LogP contribution in [-0.2, 0) is 14.4 Å². The first kappa shape index (κ1) is 18.6. The summed E-state index contributed by atoms with van der Waals surface area (Å²) in [5.41, 5.74) is 2.02. The summed E-state index contributed by atoms with van der Waals surface area (Å²) in [7, 11) is 0. The number of nitrogens with zero attached hydrogens (tertiary/aromatic N) is 1. The van der Waals surface area contributed by atoms with Crippen LogP contribution >= 0.6 is 0 Å². The number of amides is 3. The number of anilines is 3. The largest absolute Gasteiger partial charge is 0.326 e. The number of carbonyl (C=O) groups excluding carboxylic acids is 3. The SMILES string of the molecule is CC(C)C(=O)Nc1cccc(NC(=O)[C@H]2CC(=O)N(c3ccccc3)C2)c1. The van der Waals surface area contributed by atoms with Gasteiger partial charge in [-0.3, -0.25) is 14.4 Å². The van der Waals surface area contributed by atoms with Gasteiger partial charge in [0.25, 0.3) is 0 Å². The van der Waals surface area contributed by atoms with E-state index in [1.165, 1.54) is 0 Å². The molecule has 3 rings (SSSR count). The summed E-state index contributed by atoms with van der Waals surface area (Å²) in [5, 5.41) is 5.66. The van der Waals surface area contributed by atoms with Gasteiger partial charge in [0.05, 0.1) is 5.92 Å². The molecule has 1 aliphatic rings. The Morgan fingerprint density at radius 2 is 1.67 bits per heavy atom. The van der Waals surface area contributed by atoms with E-state index in [2.05, 4.69) is 10.6 Å². The van der Waals surface area contributed by atoms with Crippen molar-refractivity contribution in [2.75, 3.05) is 22.1 Å². The molecule has 1 heterocycles. The van der Waals surface area contributed by atoms with Gasteiger partial charge in [-0.25, -0.2) is 0 Å². The molecule has 1 atom stereocenters. The first-order valence-electron chi connectivity index (χ1n) is 9.01. The van der Waals surface area contributed by atoms with E-state index in [9.17, 15) is 14.4 Å². The molecule has 0 unspecified atom stereocenters. The second kappa shape index (κ2) is 8.03. The lowest BCUT2D eigenvalue weighted by Gasteiger charge is -2.16. The Kier molecular flexibility index (Phi) is 5.54. The summed E-state index contributed by atoms with van der Waals surface area (Å²) in [6, 6.07) is 16.4. The fourth-order valence-electron chi connectivity index (χ4n) is 2.95. The lowest BCUT2D eigenvalue weighted by Crippen LogP contribution is -2.28. The third-order valence-electron chi connectivity index (χ3n) is 4.49. The number of hydrogen-bond donors (Lipinski definition) is 2. The van der Waals surface area contributed by atoms with Crippen molar-refractivity contribution in [1.29, 1.82) is 0 Å². The topological polar surface area (TPSA) is 78.5 Å². The monoisotopic (exact) mass is 365 g/mol. The van der Waals surface area contributed by atoms with Crippen molar-refractivity contribution in [3.63, 3.8) is 0 Å². The summed E-state index contributed by atoms with van der Waals surface area (Å²) in [4.78, 5) is 38.3. The Bertz CT molecular complexity index is 849. The molecule has 0 radical (unpaired) electrons. The lowest BCUT2D eigenvalue weighted by molar-refractivity contribution is -0.122. The van der Waals surface area contributed by atoms with Gasteiger partial charge in [-0.1, -0.05) is 38.1 Å². The van der Waals surface area contributed by atoms with E-state index in [0.29, 0.717) is 17.9 Å². The summed E-state index contributed by atoms with van der Waals surface area (Å²) in [6.07, 6.45) is 0.185. The number of benzene rings is 2. The minimum Gasteiger partial charge on any atom is -0.326 e.